The summed E-state index contributed by atoms with van der Waals surface area (Å²) in [6.07, 6.45) is 1.15. The Hall–Kier alpha value is -2.04. The van der Waals surface area contributed by atoms with Crippen LogP contribution in [0.1, 0.15) is 25.3 Å². The van der Waals surface area contributed by atoms with Crippen molar-refractivity contribution in [1.29, 1.82) is 0 Å². The summed E-state index contributed by atoms with van der Waals surface area (Å²) in [4.78, 5) is 25.4. The molecule has 1 aromatic carbocycles. The van der Waals surface area contributed by atoms with Crippen molar-refractivity contribution in [3.63, 3.8) is 0 Å². The lowest BCUT2D eigenvalue weighted by molar-refractivity contribution is -0.147. The lowest BCUT2D eigenvalue weighted by Gasteiger charge is -2.36. The van der Waals surface area contributed by atoms with E-state index in [9.17, 15) is 9.59 Å². The van der Waals surface area contributed by atoms with Gasteiger partial charge in [0, 0.05) is 12.6 Å². The summed E-state index contributed by atoms with van der Waals surface area (Å²) < 4.78 is 10.1. The zero-order valence-corrected chi connectivity index (χ0v) is 12.5. The highest BCUT2D eigenvalue weighted by Gasteiger charge is 2.33. The number of hydrogen-bond donors (Lipinski definition) is 0. The molecule has 0 aliphatic carbocycles. The third kappa shape index (κ3) is 3.97. The van der Waals surface area contributed by atoms with E-state index in [2.05, 4.69) is 0 Å². The second-order valence-corrected chi connectivity index (χ2v) is 5.34. The number of likely N-dealkylation sites (tertiary alicyclic amines) is 1. The van der Waals surface area contributed by atoms with Crippen LogP contribution in [0.5, 0.6) is 0 Å². The van der Waals surface area contributed by atoms with Crippen molar-refractivity contribution >= 4 is 12.1 Å². The van der Waals surface area contributed by atoms with Gasteiger partial charge in [-0.1, -0.05) is 30.3 Å². The van der Waals surface area contributed by atoms with Crippen molar-refractivity contribution in [2.75, 3.05) is 13.7 Å². The molecule has 5 heteroatoms. The molecule has 21 heavy (non-hydrogen) atoms. The Morgan fingerprint density at radius 1 is 1.24 bits per heavy atom. The van der Waals surface area contributed by atoms with Gasteiger partial charge in [-0.25, -0.2) is 4.79 Å². The first-order valence-corrected chi connectivity index (χ1v) is 7.17. The van der Waals surface area contributed by atoms with E-state index >= 15 is 0 Å². The molecule has 0 N–H and O–H groups in total. The molecular formula is C16H21NO4. The molecule has 1 saturated heterocycles. The number of carbonyl (C=O) groups excluding carboxylic acids is 2. The normalized spacial score (nSPS) is 21.7. The SMILES string of the molecule is COC(=O)C1CCC(C)N(C(=O)OCc2ccccc2)C1. The minimum Gasteiger partial charge on any atom is -0.469 e. The molecule has 0 radical (unpaired) electrons. The van der Waals surface area contributed by atoms with Crippen LogP contribution < -0.4 is 0 Å². The summed E-state index contributed by atoms with van der Waals surface area (Å²) in [7, 11) is 1.37. The van der Waals surface area contributed by atoms with Crippen molar-refractivity contribution in [1.82, 2.24) is 4.90 Å². The summed E-state index contributed by atoms with van der Waals surface area (Å²) in [5, 5.41) is 0. The van der Waals surface area contributed by atoms with E-state index in [0.29, 0.717) is 6.54 Å². The molecule has 1 aromatic rings. The standard InChI is InChI=1S/C16H21NO4/c1-12-8-9-14(15(18)20-2)10-17(12)16(19)21-11-13-6-4-3-5-7-13/h3-7,12,14H,8-11H2,1-2H3. The second kappa shape index (κ2) is 7.11. The monoisotopic (exact) mass is 291 g/mol. The van der Waals surface area contributed by atoms with Crippen LogP contribution in [-0.2, 0) is 20.9 Å². The maximum Gasteiger partial charge on any atom is 0.410 e. The fraction of sp³-hybridized carbons (Fsp3) is 0.500. The van der Waals surface area contributed by atoms with Gasteiger partial charge < -0.3 is 14.4 Å². The molecule has 0 aromatic heterocycles. The Balaban J connectivity index is 1.92. The molecule has 114 valence electrons. The molecule has 2 atom stereocenters. The quantitative estimate of drug-likeness (QED) is 0.803. The summed E-state index contributed by atoms with van der Waals surface area (Å²) in [6.45, 7) is 2.57. The molecule has 1 aliphatic heterocycles. The third-order valence-electron chi connectivity index (χ3n) is 3.86. The van der Waals surface area contributed by atoms with Gasteiger partial charge in [0.25, 0.3) is 0 Å². The number of amides is 1. The fourth-order valence-corrected chi connectivity index (χ4v) is 2.52. The summed E-state index contributed by atoms with van der Waals surface area (Å²) in [5.41, 5.74) is 0.944. The number of esters is 1. The first-order chi connectivity index (χ1) is 10.1. The first-order valence-electron chi connectivity index (χ1n) is 7.17. The molecule has 1 fully saturated rings. The van der Waals surface area contributed by atoms with Gasteiger partial charge in [0.2, 0.25) is 0 Å². The van der Waals surface area contributed by atoms with Crippen LogP contribution in [0.25, 0.3) is 0 Å². The molecule has 0 saturated carbocycles. The topological polar surface area (TPSA) is 55.8 Å². The van der Waals surface area contributed by atoms with Crippen LogP contribution in [0.3, 0.4) is 0 Å². The Bertz CT molecular complexity index is 488. The minimum absolute atomic E-state index is 0.0779. The van der Waals surface area contributed by atoms with Gasteiger partial charge in [-0.15, -0.1) is 0 Å². The molecule has 0 bridgehead atoms. The zero-order valence-electron chi connectivity index (χ0n) is 12.5. The highest BCUT2D eigenvalue weighted by atomic mass is 16.6. The van der Waals surface area contributed by atoms with Crippen molar-refractivity contribution < 1.29 is 19.1 Å². The zero-order chi connectivity index (χ0) is 15.2. The number of nitrogens with zero attached hydrogens (tertiary/aromatic N) is 1. The lowest BCUT2D eigenvalue weighted by Crippen LogP contribution is -2.47. The molecule has 1 heterocycles. The van der Waals surface area contributed by atoms with Gasteiger partial charge in [-0.05, 0) is 25.3 Å². The van der Waals surface area contributed by atoms with Gasteiger partial charge in [0.05, 0.1) is 13.0 Å². The second-order valence-electron chi connectivity index (χ2n) is 5.34. The van der Waals surface area contributed by atoms with E-state index in [-0.39, 0.29) is 30.6 Å². The average Bonchev–Trinajstić information content (AvgIpc) is 2.53. The van der Waals surface area contributed by atoms with Crippen molar-refractivity contribution in [2.24, 2.45) is 5.92 Å². The van der Waals surface area contributed by atoms with E-state index in [1.165, 1.54) is 7.11 Å². The Morgan fingerprint density at radius 2 is 1.95 bits per heavy atom. The molecule has 0 spiro atoms. The molecule has 5 nitrogen and oxygen atoms in total. The van der Waals surface area contributed by atoms with Crippen molar-refractivity contribution in [3.05, 3.63) is 35.9 Å². The van der Waals surface area contributed by atoms with Crippen molar-refractivity contribution in [2.45, 2.75) is 32.4 Å². The van der Waals surface area contributed by atoms with Crippen LogP contribution in [-0.4, -0.2) is 36.7 Å². The summed E-state index contributed by atoms with van der Waals surface area (Å²) in [6, 6.07) is 9.61. The van der Waals surface area contributed by atoms with E-state index < -0.39 is 0 Å². The number of methoxy groups -OCH3 is 1. The van der Waals surface area contributed by atoms with E-state index in [4.69, 9.17) is 9.47 Å². The van der Waals surface area contributed by atoms with Gasteiger partial charge in [-0.2, -0.15) is 0 Å². The number of piperidine rings is 1. The molecule has 1 amide bonds. The predicted molar refractivity (Wildman–Crippen MR) is 77.5 cm³/mol. The van der Waals surface area contributed by atoms with Crippen LogP contribution in [0.15, 0.2) is 30.3 Å². The lowest BCUT2D eigenvalue weighted by atomic mass is 9.94. The number of carbonyl (C=O) groups is 2. The molecule has 2 rings (SSSR count). The van der Waals surface area contributed by atoms with E-state index in [1.54, 1.807) is 4.90 Å². The molecule has 2 unspecified atom stereocenters. The summed E-state index contributed by atoms with van der Waals surface area (Å²) in [5.74, 6) is -0.516. The summed E-state index contributed by atoms with van der Waals surface area (Å²) >= 11 is 0. The minimum atomic E-state index is -0.375. The van der Waals surface area contributed by atoms with Gasteiger partial charge >= 0.3 is 12.1 Å². The Morgan fingerprint density at radius 3 is 2.62 bits per heavy atom. The average molecular weight is 291 g/mol. The largest absolute Gasteiger partial charge is 0.469 e. The molecular weight excluding hydrogens is 270 g/mol. The van der Waals surface area contributed by atoms with Gasteiger partial charge in [0.1, 0.15) is 6.61 Å². The highest BCUT2D eigenvalue weighted by Crippen LogP contribution is 2.23. The molecule has 1 aliphatic rings. The smallest absolute Gasteiger partial charge is 0.410 e. The fourth-order valence-electron chi connectivity index (χ4n) is 2.52. The number of rotatable bonds is 3. The van der Waals surface area contributed by atoms with Crippen LogP contribution in [0, 0.1) is 5.92 Å². The number of benzene rings is 1. The van der Waals surface area contributed by atoms with Crippen molar-refractivity contribution in [3.8, 4) is 0 Å². The van der Waals surface area contributed by atoms with Crippen LogP contribution >= 0.6 is 0 Å². The third-order valence-corrected chi connectivity index (χ3v) is 3.86. The van der Waals surface area contributed by atoms with Gasteiger partial charge in [-0.3, -0.25) is 4.79 Å². The maximum absolute atomic E-state index is 12.2. The Kier molecular flexibility index (Phi) is 5.20. The van der Waals surface area contributed by atoms with Crippen LogP contribution in [0.4, 0.5) is 4.79 Å². The predicted octanol–water partition coefficient (Wildman–Crippen LogP) is 2.60. The maximum atomic E-state index is 12.2. The number of ether oxygens (including phenoxy) is 2. The number of hydrogen-bond acceptors (Lipinski definition) is 4. The van der Waals surface area contributed by atoms with Gasteiger partial charge in [0.15, 0.2) is 0 Å². The highest BCUT2D eigenvalue weighted by molar-refractivity contribution is 5.75. The Labute approximate surface area is 124 Å². The van der Waals surface area contributed by atoms with Crippen LogP contribution in [0.2, 0.25) is 0 Å². The van der Waals surface area contributed by atoms with E-state index in [0.717, 1.165) is 18.4 Å². The first kappa shape index (κ1) is 15.4. The van der Waals surface area contributed by atoms with E-state index in [1.807, 2.05) is 37.3 Å².